The molecule has 5 rings (SSSR count). The molecular formula is C28H31ClF4N4O5S. The fourth-order valence-electron chi connectivity index (χ4n) is 5.66. The maximum atomic E-state index is 14.7. The van der Waals surface area contributed by atoms with E-state index in [9.17, 15) is 32.9 Å². The average Bonchev–Trinajstić information content (AvgIpc) is 3.46. The maximum Gasteiger partial charge on any atom is 0.248 e. The molecule has 3 aromatic rings. The Balaban J connectivity index is 1.51. The number of hydrogen-bond acceptors (Lipinski definition) is 9. The third-order valence-corrected chi connectivity index (χ3v) is 10.0. The number of aryl methyl sites for hydroxylation is 1. The Morgan fingerprint density at radius 1 is 1.19 bits per heavy atom. The molecule has 2 aromatic heterocycles. The van der Waals surface area contributed by atoms with Crippen molar-refractivity contribution < 1.29 is 42.4 Å². The summed E-state index contributed by atoms with van der Waals surface area (Å²) < 4.78 is 70.1. The lowest BCUT2D eigenvalue weighted by molar-refractivity contribution is -0.186. The minimum atomic E-state index is -2.90. The number of aromatic nitrogens is 4. The summed E-state index contributed by atoms with van der Waals surface area (Å²) >= 11 is 6.76. The maximum absolute atomic E-state index is 14.7. The van der Waals surface area contributed by atoms with Crippen LogP contribution in [0.4, 0.5) is 17.6 Å². The molecule has 0 unspecified atom stereocenters. The molecule has 2 aliphatic rings. The van der Waals surface area contributed by atoms with Gasteiger partial charge in [0.1, 0.15) is 35.5 Å². The lowest BCUT2D eigenvalue weighted by Gasteiger charge is -2.47. The lowest BCUT2D eigenvalue weighted by atomic mass is 9.79. The predicted octanol–water partition coefficient (Wildman–Crippen LogP) is 4.63. The second-order valence-electron chi connectivity index (χ2n) is 10.9. The zero-order valence-corrected chi connectivity index (χ0v) is 24.8. The number of hydrogen-bond donors (Lipinski definition) is 3. The average molecular weight is 647 g/mol. The number of rotatable bonds is 8. The van der Waals surface area contributed by atoms with Crippen LogP contribution in [0.2, 0.25) is 5.02 Å². The van der Waals surface area contributed by atoms with Gasteiger partial charge in [-0.05, 0) is 43.5 Å². The van der Waals surface area contributed by atoms with Gasteiger partial charge in [0.15, 0.2) is 11.6 Å². The van der Waals surface area contributed by atoms with Gasteiger partial charge in [0, 0.05) is 31.7 Å². The SMILES string of the molecule is CO[C@@H]1[C@@H](n2cc(-c3ccc(Cl)c(F)c3F)nn2)[C@@H](O)[C@@H](CO)O[C@H]1S[C@H](c1ncccc1C)C1(O)CCC(F)(F)CC1. The van der Waals surface area contributed by atoms with Crippen LogP contribution in [0.5, 0.6) is 0 Å². The molecule has 1 aliphatic carbocycles. The summed E-state index contributed by atoms with van der Waals surface area (Å²) in [5.41, 5.74) is -1.62. The largest absolute Gasteiger partial charge is 0.394 e. The molecule has 0 spiro atoms. The molecule has 1 aliphatic heterocycles. The van der Waals surface area contributed by atoms with Gasteiger partial charge in [-0.2, -0.15) is 0 Å². The highest BCUT2D eigenvalue weighted by molar-refractivity contribution is 8.00. The fourth-order valence-corrected chi connectivity index (χ4v) is 7.57. The molecule has 3 heterocycles. The van der Waals surface area contributed by atoms with Crippen LogP contribution in [0.25, 0.3) is 11.3 Å². The number of halogens is 5. The summed E-state index contributed by atoms with van der Waals surface area (Å²) in [5, 5.41) is 39.9. The van der Waals surface area contributed by atoms with Crippen molar-refractivity contribution in [3.8, 4) is 11.3 Å². The van der Waals surface area contributed by atoms with E-state index in [0.29, 0.717) is 5.69 Å². The van der Waals surface area contributed by atoms with Crippen molar-refractivity contribution >= 4 is 23.4 Å². The van der Waals surface area contributed by atoms with Crippen LogP contribution in [-0.2, 0) is 9.47 Å². The molecular weight excluding hydrogens is 616 g/mol. The number of benzene rings is 1. The van der Waals surface area contributed by atoms with Gasteiger partial charge in [-0.3, -0.25) is 4.98 Å². The Kier molecular flexibility index (Phi) is 9.38. The van der Waals surface area contributed by atoms with Gasteiger partial charge in [-0.1, -0.05) is 22.9 Å². The molecule has 15 heteroatoms. The number of pyridine rings is 1. The van der Waals surface area contributed by atoms with Crippen LogP contribution in [0.3, 0.4) is 0 Å². The van der Waals surface area contributed by atoms with Crippen molar-refractivity contribution in [3.05, 3.63) is 64.6 Å². The number of aliphatic hydroxyl groups excluding tert-OH is 2. The summed E-state index contributed by atoms with van der Waals surface area (Å²) in [6, 6.07) is 4.89. The van der Waals surface area contributed by atoms with Gasteiger partial charge < -0.3 is 24.8 Å². The molecule has 234 valence electrons. The monoisotopic (exact) mass is 646 g/mol. The van der Waals surface area contributed by atoms with Gasteiger partial charge in [0.25, 0.3) is 0 Å². The number of alkyl halides is 2. The van der Waals surface area contributed by atoms with Gasteiger partial charge in [0.2, 0.25) is 5.92 Å². The van der Waals surface area contributed by atoms with E-state index in [1.165, 1.54) is 30.1 Å². The molecule has 0 radical (unpaired) electrons. The third kappa shape index (κ3) is 6.28. The Morgan fingerprint density at radius 3 is 2.56 bits per heavy atom. The van der Waals surface area contributed by atoms with Crippen LogP contribution in [0, 0.1) is 18.6 Å². The van der Waals surface area contributed by atoms with Crippen molar-refractivity contribution in [2.75, 3.05) is 13.7 Å². The zero-order chi connectivity index (χ0) is 31.1. The Bertz CT molecular complexity index is 1440. The van der Waals surface area contributed by atoms with Crippen LogP contribution in [0.15, 0.2) is 36.7 Å². The molecule has 2 fully saturated rings. The third-order valence-electron chi connectivity index (χ3n) is 8.13. The Labute approximate surface area is 254 Å². The van der Waals surface area contributed by atoms with E-state index in [1.54, 1.807) is 25.3 Å². The lowest BCUT2D eigenvalue weighted by Crippen LogP contribution is -2.56. The first kappa shape index (κ1) is 32.1. The Hall–Kier alpha value is -2.33. The van der Waals surface area contributed by atoms with Crippen molar-refractivity contribution in [2.24, 2.45) is 0 Å². The van der Waals surface area contributed by atoms with E-state index >= 15 is 0 Å². The molecule has 6 atom stereocenters. The van der Waals surface area contributed by atoms with Gasteiger partial charge in [0.05, 0.1) is 34.4 Å². The molecule has 0 bridgehead atoms. The number of aliphatic hydroxyl groups is 3. The summed E-state index contributed by atoms with van der Waals surface area (Å²) in [6.07, 6.45) is -2.08. The summed E-state index contributed by atoms with van der Waals surface area (Å²) in [7, 11) is 1.36. The first-order chi connectivity index (χ1) is 20.4. The summed E-state index contributed by atoms with van der Waals surface area (Å²) in [4.78, 5) is 4.47. The standard InChI is InChI=1S/C28H31ClF4N4O5S/c1-14-4-3-11-34-21(14)25(27(40)7-9-28(32,33)10-8-27)43-26-24(41-2)22(23(39)18(13-38)42-26)37-12-17(35-36-37)15-5-6-16(29)20(31)19(15)30/h3-6,11-12,18,22-26,38-40H,7-10,13H2,1-2H3/t18-,22+,23+,24-,25-,26+/m1/s1. The van der Waals surface area contributed by atoms with Crippen molar-refractivity contribution in [1.82, 2.24) is 20.0 Å². The second-order valence-corrected chi connectivity index (χ2v) is 12.5. The summed E-state index contributed by atoms with van der Waals surface area (Å²) in [5.74, 6) is -5.37. The minimum absolute atomic E-state index is 0.0502. The predicted molar refractivity (Wildman–Crippen MR) is 150 cm³/mol. The van der Waals surface area contributed by atoms with E-state index in [-0.39, 0.29) is 24.1 Å². The zero-order valence-electron chi connectivity index (χ0n) is 23.2. The number of methoxy groups -OCH3 is 1. The fraction of sp³-hybridized carbons (Fsp3) is 0.536. The van der Waals surface area contributed by atoms with E-state index in [4.69, 9.17) is 21.1 Å². The molecule has 0 amide bonds. The number of nitrogens with zero attached hydrogens (tertiary/aromatic N) is 4. The van der Waals surface area contributed by atoms with Crippen molar-refractivity contribution in [3.63, 3.8) is 0 Å². The molecule has 9 nitrogen and oxygen atoms in total. The van der Waals surface area contributed by atoms with Gasteiger partial charge in [-0.25, -0.2) is 22.2 Å². The number of ether oxygens (including phenoxy) is 2. The van der Waals surface area contributed by atoms with Crippen molar-refractivity contribution in [1.29, 1.82) is 0 Å². The molecule has 1 saturated carbocycles. The highest BCUT2D eigenvalue weighted by atomic mass is 35.5. The molecule has 3 N–H and O–H groups in total. The topological polar surface area (TPSA) is 123 Å². The van der Waals surface area contributed by atoms with E-state index in [2.05, 4.69) is 15.3 Å². The van der Waals surface area contributed by atoms with Crippen LogP contribution in [0.1, 0.15) is 48.2 Å². The second kappa shape index (κ2) is 12.6. The summed E-state index contributed by atoms with van der Waals surface area (Å²) in [6.45, 7) is 1.19. The number of thioether (sulfide) groups is 1. The van der Waals surface area contributed by atoms with E-state index in [0.717, 1.165) is 17.3 Å². The first-order valence-corrected chi connectivity index (χ1v) is 14.9. The first-order valence-electron chi connectivity index (χ1n) is 13.6. The smallest absolute Gasteiger partial charge is 0.248 e. The van der Waals surface area contributed by atoms with E-state index < -0.39 is 82.7 Å². The van der Waals surface area contributed by atoms with E-state index in [1.807, 2.05) is 0 Å². The highest BCUT2D eigenvalue weighted by Gasteiger charge is 2.53. The Morgan fingerprint density at radius 2 is 1.91 bits per heavy atom. The highest BCUT2D eigenvalue weighted by Crippen LogP contribution is 2.53. The van der Waals surface area contributed by atoms with Crippen LogP contribution >= 0.6 is 23.4 Å². The molecule has 1 saturated heterocycles. The molecule has 43 heavy (non-hydrogen) atoms. The quantitative estimate of drug-likeness (QED) is 0.238. The van der Waals surface area contributed by atoms with Gasteiger partial charge in [-0.15, -0.1) is 16.9 Å². The van der Waals surface area contributed by atoms with Gasteiger partial charge >= 0.3 is 0 Å². The van der Waals surface area contributed by atoms with Crippen LogP contribution in [-0.4, -0.2) is 84.3 Å². The minimum Gasteiger partial charge on any atom is -0.394 e. The molecule has 1 aromatic carbocycles. The van der Waals surface area contributed by atoms with Crippen LogP contribution < -0.4 is 0 Å². The normalized spacial score (nSPS) is 27.6. The van der Waals surface area contributed by atoms with Crippen molar-refractivity contribution in [2.45, 2.75) is 79.2 Å².